The molecule has 0 aliphatic heterocycles. The molecule has 0 amide bonds. The van der Waals surface area contributed by atoms with E-state index in [2.05, 4.69) is 0 Å². The van der Waals surface area contributed by atoms with Crippen LogP contribution in [0.1, 0.15) is 42.1 Å². The fraction of sp³-hybridized carbons (Fsp3) is 0.632. The van der Waals surface area contributed by atoms with Gasteiger partial charge < -0.3 is 14.4 Å². The van der Waals surface area contributed by atoms with Gasteiger partial charge in [0.15, 0.2) is 0 Å². The van der Waals surface area contributed by atoms with Crippen LogP contribution in [0.25, 0.3) is 10.2 Å². The zero-order valence-electron chi connectivity index (χ0n) is 16.4. The molecule has 0 saturated heterocycles. The number of aromatic nitrogens is 2. The van der Waals surface area contributed by atoms with Crippen molar-refractivity contribution in [1.82, 2.24) is 14.5 Å². The Bertz CT molecular complexity index is 887. The summed E-state index contributed by atoms with van der Waals surface area (Å²) in [5.41, 5.74) is 0.997. The number of aryl methyl sites for hydroxylation is 2. The molecule has 0 fully saturated rings. The molecule has 1 aliphatic rings. The van der Waals surface area contributed by atoms with E-state index < -0.39 is 12.0 Å². The van der Waals surface area contributed by atoms with Gasteiger partial charge in [-0.2, -0.15) is 0 Å². The minimum atomic E-state index is -0.736. The summed E-state index contributed by atoms with van der Waals surface area (Å²) >= 11 is 1.63. The maximum absolute atomic E-state index is 13.4. The Balaban J connectivity index is 2.09. The third-order valence-electron chi connectivity index (χ3n) is 4.81. The lowest BCUT2D eigenvalue weighted by Gasteiger charge is -2.20. The van der Waals surface area contributed by atoms with Gasteiger partial charge in [0.25, 0.3) is 5.56 Å². The first-order valence-electron chi connectivity index (χ1n) is 9.30. The number of hydrogen-bond acceptors (Lipinski definition) is 7. The second kappa shape index (κ2) is 8.50. The van der Waals surface area contributed by atoms with Gasteiger partial charge >= 0.3 is 5.97 Å². The number of hydrogen-bond donors (Lipinski definition) is 0. The largest absolute Gasteiger partial charge is 0.462 e. The maximum Gasteiger partial charge on any atom is 0.329 e. The topological polar surface area (TPSA) is 73.7 Å². The number of carbonyl (C=O) groups excluding carboxylic acids is 1. The van der Waals surface area contributed by atoms with E-state index in [0.717, 1.165) is 36.1 Å². The number of thiophene rings is 1. The predicted molar refractivity (Wildman–Crippen MR) is 105 cm³/mol. The first-order chi connectivity index (χ1) is 12.9. The quantitative estimate of drug-likeness (QED) is 0.530. The van der Waals surface area contributed by atoms with Crippen LogP contribution in [-0.4, -0.2) is 54.8 Å². The lowest BCUT2D eigenvalue weighted by Crippen LogP contribution is -2.35. The van der Waals surface area contributed by atoms with Crippen LogP contribution in [0.5, 0.6) is 0 Å². The van der Waals surface area contributed by atoms with Crippen LogP contribution < -0.4 is 5.56 Å². The Morgan fingerprint density at radius 3 is 2.74 bits per heavy atom. The molecular formula is C19H27N3O4S. The normalized spacial score (nSPS) is 15.1. The third-order valence-corrected chi connectivity index (χ3v) is 6.00. The average molecular weight is 394 g/mol. The molecule has 2 heterocycles. The molecule has 27 heavy (non-hydrogen) atoms. The fourth-order valence-electron chi connectivity index (χ4n) is 3.50. The van der Waals surface area contributed by atoms with Crippen molar-refractivity contribution < 1.29 is 14.3 Å². The Morgan fingerprint density at radius 1 is 1.30 bits per heavy atom. The monoisotopic (exact) mass is 393 g/mol. The molecule has 0 aromatic carbocycles. The molecule has 0 N–H and O–H groups in total. The number of ether oxygens (including phenoxy) is 2. The second-order valence-electron chi connectivity index (χ2n) is 7.17. The molecule has 0 saturated carbocycles. The summed E-state index contributed by atoms with van der Waals surface area (Å²) in [6, 6.07) is -0.736. The van der Waals surface area contributed by atoms with Gasteiger partial charge in [-0.05, 0) is 52.3 Å². The number of rotatable bonds is 7. The van der Waals surface area contributed by atoms with Gasteiger partial charge in [0, 0.05) is 12.0 Å². The van der Waals surface area contributed by atoms with Crippen LogP contribution >= 0.6 is 11.3 Å². The van der Waals surface area contributed by atoms with E-state index in [-0.39, 0.29) is 12.2 Å². The van der Waals surface area contributed by atoms with E-state index in [0.29, 0.717) is 24.4 Å². The van der Waals surface area contributed by atoms with Crippen molar-refractivity contribution in [1.29, 1.82) is 0 Å². The highest BCUT2D eigenvalue weighted by molar-refractivity contribution is 7.18. The van der Waals surface area contributed by atoms with Gasteiger partial charge in [-0.25, -0.2) is 9.78 Å². The Hall–Kier alpha value is -1.77. The van der Waals surface area contributed by atoms with Gasteiger partial charge in [0.1, 0.15) is 23.3 Å². The zero-order chi connectivity index (χ0) is 19.6. The first kappa shape index (κ1) is 20.0. The van der Waals surface area contributed by atoms with Crippen LogP contribution in [0, 0.1) is 0 Å². The van der Waals surface area contributed by atoms with Crippen LogP contribution in [0.3, 0.4) is 0 Å². The summed E-state index contributed by atoms with van der Waals surface area (Å²) in [7, 11) is 5.39. The van der Waals surface area contributed by atoms with Gasteiger partial charge in [-0.3, -0.25) is 9.36 Å². The fourth-order valence-corrected chi connectivity index (χ4v) is 4.78. The van der Waals surface area contributed by atoms with E-state index >= 15 is 0 Å². The Kier molecular flexibility index (Phi) is 6.29. The number of methoxy groups -OCH3 is 1. The van der Waals surface area contributed by atoms with Gasteiger partial charge in [0.05, 0.1) is 18.5 Å². The van der Waals surface area contributed by atoms with Gasteiger partial charge in [0.2, 0.25) is 0 Å². The maximum atomic E-state index is 13.4. The second-order valence-corrected chi connectivity index (χ2v) is 8.25. The lowest BCUT2D eigenvalue weighted by atomic mass is 9.97. The molecule has 1 unspecified atom stereocenters. The SMILES string of the molecule is COCCOC(=O)C(C)n1c(CN(C)C)nc2sc3c(c2c1=O)CCCC3. The molecule has 7 nitrogen and oxygen atoms in total. The number of esters is 1. The first-order valence-corrected chi connectivity index (χ1v) is 10.1. The van der Waals surface area contributed by atoms with Crippen molar-refractivity contribution in [3.8, 4) is 0 Å². The molecule has 1 atom stereocenters. The van der Waals surface area contributed by atoms with E-state index in [1.165, 1.54) is 9.44 Å². The van der Waals surface area contributed by atoms with Crippen LogP contribution in [0.15, 0.2) is 4.79 Å². The van der Waals surface area contributed by atoms with Crippen molar-refractivity contribution in [2.75, 3.05) is 34.4 Å². The lowest BCUT2D eigenvalue weighted by molar-refractivity contribution is -0.148. The van der Waals surface area contributed by atoms with Crippen molar-refractivity contribution in [2.24, 2.45) is 0 Å². The smallest absolute Gasteiger partial charge is 0.329 e. The molecule has 3 rings (SSSR count). The van der Waals surface area contributed by atoms with Crippen LogP contribution in [0.4, 0.5) is 0 Å². The van der Waals surface area contributed by atoms with Crippen LogP contribution in [-0.2, 0) is 33.7 Å². The summed E-state index contributed by atoms with van der Waals surface area (Å²) in [5.74, 6) is 0.145. The highest BCUT2D eigenvalue weighted by atomic mass is 32.1. The number of fused-ring (bicyclic) bond motifs is 3. The zero-order valence-corrected chi connectivity index (χ0v) is 17.2. The highest BCUT2D eigenvalue weighted by Gasteiger charge is 2.27. The van der Waals surface area contributed by atoms with Gasteiger partial charge in [-0.1, -0.05) is 0 Å². The molecule has 2 aromatic rings. The molecule has 0 bridgehead atoms. The van der Waals surface area contributed by atoms with Crippen molar-refractivity contribution >= 4 is 27.5 Å². The van der Waals surface area contributed by atoms with E-state index in [9.17, 15) is 9.59 Å². The van der Waals surface area contributed by atoms with E-state index in [1.807, 2.05) is 19.0 Å². The minimum absolute atomic E-state index is 0.132. The molecule has 1 aliphatic carbocycles. The molecule has 0 spiro atoms. The van der Waals surface area contributed by atoms with Crippen molar-refractivity contribution in [2.45, 2.75) is 45.2 Å². The summed E-state index contributed by atoms with van der Waals surface area (Å²) in [5, 5.41) is 0.689. The average Bonchev–Trinajstić information content (AvgIpc) is 2.99. The summed E-state index contributed by atoms with van der Waals surface area (Å²) in [6.45, 7) is 2.67. The molecule has 0 radical (unpaired) electrons. The summed E-state index contributed by atoms with van der Waals surface area (Å²) in [4.78, 5) is 34.7. The summed E-state index contributed by atoms with van der Waals surface area (Å²) < 4.78 is 11.7. The van der Waals surface area contributed by atoms with Gasteiger partial charge in [-0.15, -0.1) is 11.3 Å². The van der Waals surface area contributed by atoms with Crippen LogP contribution in [0.2, 0.25) is 0 Å². The Labute approximate surface area is 162 Å². The van der Waals surface area contributed by atoms with Crippen molar-refractivity contribution in [3.05, 3.63) is 26.6 Å². The minimum Gasteiger partial charge on any atom is -0.462 e. The predicted octanol–water partition coefficient (Wildman–Crippen LogP) is 2.15. The van der Waals surface area contributed by atoms with E-state index in [4.69, 9.17) is 14.5 Å². The third kappa shape index (κ3) is 4.07. The molecule has 148 valence electrons. The molecular weight excluding hydrogens is 366 g/mol. The number of nitrogens with zero attached hydrogens (tertiary/aromatic N) is 3. The van der Waals surface area contributed by atoms with E-state index in [1.54, 1.807) is 25.4 Å². The Morgan fingerprint density at radius 2 is 2.04 bits per heavy atom. The molecule has 8 heteroatoms. The standard InChI is InChI=1S/C19H27N3O4S/c1-12(19(24)26-10-9-25-4)22-15(11-21(2)3)20-17-16(18(22)23)13-7-5-6-8-14(13)27-17/h12H,5-11H2,1-4H3. The van der Waals surface area contributed by atoms with Crippen molar-refractivity contribution in [3.63, 3.8) is 0 Å². The molecule has 2 aromatic heterocycles. The highest BCUT2D eigenvalue weighted by Crippen LogP contribution is 2.34. The number of carbonyl (C=O) groups is 1. The summed E-state index contributed by atoms with van der Waals surface area (Å²) in [6.07, 6.45) is 4.16.